The van der Waals surface area contributed by atoms with E-state index in [4.69, 9.17) is 0 Å². The van der Waals surface area contributed by atoms with Crippen molar-refractivity contribution in [1.82, 2.24) is 20.2 Å². The van der Waals surface area contributed by atoms with Crippen LogP contribution in [-0.4, -0.2) is 33.1 Å². The van der Waals surface area contributed by atoms with E-state index < -0.39 is 0 Å². The lowest BCUT2D eigenvalue weighted by Crippen LogP contribution is -2.27. The van der Waals surface area contributed by atoms with Gasteiger partial charge in [-0.2, -0.15) is 4.98 Å². The van der Waals surface area contributed by atoms with Crippen molar-refractivity contribution in [1.29, 1.82) is 0 Å². The van der Waals surface area contributed by atoms with Crippen LogP contribution in [0.1, 0.15) is 12.0 Å². The lowest BCUT2D eigenvalue weighted by Gasteiger charge is -2.12. The van der Waals surface area contributed by atoms with Gasteiger partial charge in [0, 0.05) is 31.4 Å². The second kappa shape index (κ2) is 6.83. The number of hydrogen-bond acceptors (Lipinski definition) is 4. The number of hydrogen-bond donors (Lipinski definition) is 1. The highest BCUT2D eigenvalue weighted by molar-refractivity contribution is 5.91. The standard InChI is InChI=1S/C17H17N5O/c1-22(15(23)8-7-13-5-3-2-4-6-13)17-19-16(20-21-17)14-9-11-18-12-10-14/h2-6,9-12H,7-8H2,1H3,(H,19,20,21). The molecule has 116 valence electrons. The number of pyridine rings is 1. The minimum atomic E-state index is -0.0193. The minimum Gasteiger partial charge on any atom is -0.283 e. The van der Waals surface area contributed by atoms with Gasteiger partial charge in [-0.1, -0.05) is 30.3 Å². The number of rotatable bonds is 5. The quantitative estimate of drug-likeness (QED) is 0.785. The van der Waals surface area contributed by atoms with Crippen LogP contribution in [0.3, 0.4) is 0 Å². The van der Waals surface area contributed by atoms with Crippen LogP contribution in [0.25, 0.3) is 11.4 Å². The van der Waals surface area contributed by atoms with Crippen molar-refractivity contribution in [2.45, 2.75) is 12.8 Å². The topological polar surface area (TPSA) is 74.8 Å². The van der Waals surface area contributed by atoms with Crippen molar-refractivity contribution < 1.29 is 4.79 Å². The van der Waals surface area contributed by atoms with Crippen LogP contribution in [0, 0.1) is 0 Å². The molecule has 0 aliphatic rings. The molecule has 6 nitrogen and oxygen atoms in total. The molecule has 6 heteroatoms. The zero-order chi connectivity index (χ0) is 16.1. The summed E-state index contributed by atoms with van der Waals surface area (Å²) < 4.78 is 0. The first-order chi connectivity index (χ1) is 11.2. The van der Waals surface area contributed by atoms with Crippen LogP contribution in [0.4, 0.5) is 5.95 Å². The highest BCUT2D eigenvalue weighted by atomic mass is 16.2. The minimum absolute atomic E-state index is 0.0193. The maximum atomic E-state index is 12.3. The van der Waals surface area contributed by atoms with Gasteiger partial charge in [-0.15, -0.1) is 5.10 Å². The molecule has 0 saturated heterocycles. The highest BCUT2D eigenvalue weighted by Gasteiger charge is 2.16. The number of anilines is 1. The second-order valence-corrected chi connectivity index (χ2v) is 5.16. The summed E-state index contributed by atoms with van der Waals surface area (Å²) >= 11 is 0. The largest absolute Gasteiger partial charge is 0.283 e. The summed E-state index contributed by atoms with van der Waals surface area (Å²) in [5.74, 6) is 0.967. The molecule has 0 radical (unpaired) electrons. The Labute approximate surface area is 134 Å². The Morgan fingerprint density at radius 2 is 1.87 bits per heavy atom. The van der Waals surface area contributed by atoms with Crippen LogP contribution in [0.5, 0.6) is 0 Å². The van der Waals surface area contributed by atoms with E-state index in [2.05, 4.69) is 20.2 Å². The average molecular weight is 307 g/mol. The van der Waals surface area contributed by atoms with Crippen molar-refractivity contribution in [2.24, 2.45) is 0 Å². The van der Waals surface area contributed by atoms with E-state index in [1.54, 1.807) is 19.4 Å². The number of nitrogens with one attached hydrogen (secondary N) is 1. The molecule has 0 aliphatic carbocycles. The summed E-state index contributed by atoms with van der Waals surface area (Å²) in [4.78, 5) is 22.1. The predicted octanol–water partition coefficient (Wildman–Crippen LogP) is 2.46. The number of aryl methyl sites for hydroxylation is 1. The summed E-state index contributed by atoms with van der Waals surface area (Å²) in [5, 5.41) is 6.97. The number of nitrogens with zero attached hydrogens (tertiary/aromatic N) is 4. The molecule has 1 aromatic carbocycles. The Kier molecular flexibility index (Phi) is 4.42. The molecule has 1 N–H and O–H groups in total. The van der Waals surface area contributed by atoms with Gasteiger partial charge in [-0.3, -0.25) is 19.8 Å². The molecule has 2 aromatic heterocycles. The Morgan fingerprint density at radius 1 is 1.13 bits per heavy atom. The number of amides is 1. The molecule has 3 aromatic rings. The SMILES string of the molecule is CN(C(=O)CCc1ccccc1)c1n[nH]c(-c2ccncc2)n1. The monoisotopic (exact) mass is 307 g/mol. The molecule has 0 atom stereocenters. The van der Waals surface area contributed by atoms with Gasteiger partial charge in [0.1, 0.15) is 0 Å². The summed E-state index contributed by atoms with van der Waals surface area (Å²) in [6, 6.07) is 13.6. The number of benzene rings is 1. The zero-order valence-corrected chi connectivity index (χ0v) is 12.8. The Hall–Kier alpha value is -3.02. The fourth-order valence-electron chi connectivity index (χ4n) is 2.22. The van der Waals surface area contributed by atoms with Crippen molar-refractivity contribution in [3.8, 4) is 11.4 Å². The summed E-state index contributed by atoms with van der Waals surface area (Å²) in [7, 11) is 1.69. The highest BCUT2D eigenvalue weighted by Crippen LogP contribution is 2.16. The van der Waals surface area contributed by atoms with Gasteiger partial charge in [-0.25, -0.2) is 0 Å². The van der Waals surface area contributed by atoms with E-state index in [0.29, 0.717) is 24.6 Å². The number of H-pyrrole nitrogens is 1. The Bertz CT molecular complexity index is 770. The number of aromatic amines is 1. The molecule has 0 unspecified atom stereocenters. The van der Waals surface area contributed by atoms with E-state index >= 15 is 0 Å². The van der Waals surface area contributed by atoms with Gasteiger partial charge < -0.3 is 0 Å². The summed E-state index contributed by atoms with van der Waals surface area (Å²) in [5.41, 5.74) is 2.02. The maximum Gasteiger partial charge on any atom is 0.251 e. The predicted molar refractivity (Wildman–Crippen MR) is 87.8 cm³/mol. The second-order valence-electron chi connectivity index (χ2n) is 5.16. The smallest absolute Gasteiger partial charge is 0.251 e. The van der Waals surface area contributed by atoms with Gasteiger partial charge in [0.2, 0.25) is 5.91 Å². The number of carbonyl (C=O) groups is 1. The van der Waals surface area contributed by atoms with Crippen LogP contribution in [0.2, 0.25) is 0 Å². The lowest BCUT2D eigenvalue weighted by atomic mass is 10.1. The number of aromatic nitrogens is 4. The molecule has 23 heavy (non-hydrogen) atoms. The van der Waals surface area contributed by atoms with E-state index in [0.717, 1.165) is 11.1 Å². The normalized spacial score (nSPS) is 10.5. The molecule has 2 heterocycles. The lowest BCUT2D eigenvalue weighted by molar-refractivity contribution is -0.118. The van der Waals surface area contributed by atoms with Gasteiger partial charge >= 0.3 is 0 Å². The molecule has 0 spiro atoms. The van der Waals surface area contributed by atoms with E-state index in [1.807, 2.05) is 42.5 Å². The number of carbonyl (C=O) groups excluding carboxylic acids is 1. The third kappa shape index (κ3) is 3.60. The van der Waals surface area contributed by atoms with E-state index in [-0.39, 0.29) is 5.91 Å². The Balaban J connectivity index is 1.65. The molecular formula is C17H17N5O. The van der Waals surface area contributed by atoms with Crippen molar-refractivity contribution >= 4 is 11.9 Å². The van der Waals surface area contributed by atoms with Crippen molar-refractivity contribution in [2.75, 3.05) is 11.9 Å². The maximum absolute atomic E-state index is 12.3. The third-order valence-electron chi connectivity index (χ3n) is 3.57. The third-order valence-corrected chi connectivity index (χ3v) is 3.57. The first-order valence-electron chi connectivity index (χ1n) is 7.37. The molecule has 0 aliphatic heterocycles. The Morgan fingerprint density at radius 3 is 2.61 bits per heavy atom. The van der Waals surface area contributed by atoms with E-state index in [9.17, 15) is 4.79 Å². The fraction of sp³-hybridized carbons (Fsp3) is 0.176. The van der Waals surface area contributed by atoms with Crippen LogP contribution < -0.4 is 4.90 Å². The molecule has 0 fully saturated rings. The van der Waals surface area contributed by atoms with Gasteiger partial charge in [-0.05, 0) is 24.1 Å². The molecule has 0 bridgehead atoms. The first-order valence-corrected chi connectivity index (χ1v) is 7.37. The molecule has 1 amide bonds. The fourth-order valence-corrected chi connectivity index (χ4v) is 2.22. The van der Waals surface area contributed by atoms with Gasteiger partial charge in [0.15, 0.2) is 5.82 Å². The van der Waals surface area contributed by atoms with Gasteiger partial charge in [0.25, 0.3) is 5.95 Å². The summed E-state index contributed by atoms with van der Waals surface area (Å²) in [6.07, 6.45) is 4.49. The molecule has 3 rings (SSSR count). The van der Waals surface area contributed by atoms with E-state index in [1.165, 1.54) is 4.90 Å². The zero-order valence-electron chi connectivity index (χ0n) is 12.8. The van der Waals surface area contributed by atoms with Gasteiger partial charge in [0.05, 0.1) is 0 Å². The van der Waals surface area contributed by atoms with Crippen LogP contribution >= 0.6 is 0 Å². The van der Waals surface area contributed by atoms with Crippen LogP contribution in [0.15, 0.2) is 54.9 Å². The first kappa shape index (κ1) is 14.9. The molecule has 0 saturated carbocycles. The van der Waals surface area contributed by atoms with Crippen molar-refractivity contribution in [3.05, 3.63) is 60.4 Å². The van der Waals surface area contributed by atoms with Crippen LogP contribution in [-0.2, 0) is 11.2 Å². The molecular weight excluding hydrogens is 290 g/mol. The summed E-state index contributed by atoms with van der Waals surface area (Å²) in [6.45, 7) is 0. The van der Waals surface area contributed by atoms with Crippen molar-refractivity contribution in [3.63, 3.8) is 0 Å². The average Bonchev–Trinajstić information content (AvgIpc) is 3.11.